The average molecular weight is 660 g/mol. The number of aliphatic carboxylic acids is 1. The number of nitrogens with one attached hydrogen (secondary N) is 2. The van der Waals surface area contributed by atoms with Gasteiger partial charge < -0.3 is 59.9 Å². The molecule has 0 bridgehead atoms. The molecule has 0 radical (unpaired) electrons. The number of phosphoric ester groups is 1. The van der Waals surface area contributed by atoms with Gasteiger partial charge in [-0.25, -0.2) is 29.3 Å². The number of carboxylic acids is 1. The van der Waals surface area contributed by atoms with Gasteiger partial charge in [0.05, 0.1) is 31.9 Å². The molecule has 10 N–H and O–H groups in total. The summed E-state index contributed by atoms with van der Waals surface area (Å²) in [5.41, 5.74) is -0.753. The van der Waals surface area contributed by atoms with Crippen molar-refractivity contribution in [3.63, 3.8) is 0 Å². The number of ether oxygens (including phenoxy) is 2. The van der Waals surface area contributed by atoms with Crippen molar-refractivity contribution in [1.29, 1.82) is 0 Å². The number of carboxylic acid groups (broad SMARTS) is 1. The van der Waals surface area contributed by atoms with E-state index in [4.69, 9.17) is 24.4 Å². The van der Waals surface area contributed by atoms with Crippen LogP contribution in [0.25, 0.3) is 22.3 Å². The average Bonchev–Trinajstić information content (AvgIpc) is 3.74. The van der Waals surface area contributed by atoms with Crippen molar-refractivity contribution in [3.8, 4) is 0 Å². The van der Waals surface area contributed by atoms with Gasteiger partial charge in [-0.2, -0.15) is 0 Å². The van der Waals surface area contributed by atoms with Crippen LogP contribution in [0.15, 0.2) is 34.9 Å². The minimum absolute atomic E-state index is 0.00461. The maximum atomic E-state index is 11.6. The molecule has 4 aromatic heterocycles. The number of aromatic nitrogens is 8. The van der Waals surface area contributed by atoms with E-state index >= 15 is 0 Å². The SMILES string of the molecule is O=C(O)C(O)[C@H]1O[C@@H](n2cnc3c(=O)[nH]cnc32)[C@H](O)[C@@H]1O.O=c1[nH]cnc2c1ncn2[C@@H]1O[C@H](COP(=O)(O)O)[C@@H](O)[C@H]1O. The van der Waals surface area contributed by atoms with Gasteiger partial charge in [-0.05, 0) is 0 Å². The lowest BCUT2D eigenvalue weighted by Crippen LogP contribution is -2.42. The number of carbonyl (C=O) groups is 1. The Hall–Kier alpha value is -4.00. The highest BCUT2D eigenvalue weighted by molar-refractivity contribution is 7.46. The molecule has 244 valence electrons. The summed E-state index contributed by atoms with van der Waals surface area (Å²) in [5, 5.41) is 58.1. The molecule has 2 aliphatic rings. The van der Waals surface area contributed by atoms with Gasteiger partial charge in [0.15, 0.2) is 40.9 Å². The molecule has 2 fully saturated rings. The third kappa shape index (κ3) is 6.27. The number of phosphoric acid groups is 1. The Balaban J connectivity index is 0.000000178. The maximum Gasteiger partial charge on any atom is 0.469 e. The molecule has 45 heavy (non-hydrogen) atoms. The minimum atomic E-state index is -4.74. The van der Waals surface area contributed by atoms with Gasteiger partial charge in [-0.15, -0.1) is 0 Å². The van der Waals surface area contributed by atoms with Crippen LogP contribution in [0.1, 0.15) is 12.5 Å². The second-order valence-corrected chi connectivity index (χ2v) is 10.9. The molecule has 0 aromatic carbocycles. The van der Waals surface area contributed by atoms with Crippen LogP contribution in [0, 0.1) is 0 Å². The van der Waals surface area contributed by atoms with E-state index in [1.165, 1.54) is 21.8 Å². The third-order valence-corrected chi connectivity index (χ3v) is 7.35. The first-order valence-electron chi connectivity index (χ1n) is 12.6. The monoisotopic (exact) mass is 660 g/mol. The summed E-state index contributed by atoms with van der Waals surface area (Å²) >= 11 is 0. The van der Waals surface area contributed by atoms with E-state index < -0.39 is 86.7 Å². The Morgan fingerprint density at radius 2 is 1.36 bits per heavy atom. The molecule has 0 spiro atoms. The number of rotatable bonds is 7. The van der Waals surface area contributed by atoms with Crippen molar-refractivity contribution in [2.45, 2.75) is 55.2 Å². The number of aliphatic hydroxyl groups is 5. The van der Waals surface area contributed by atoms with Crippen molar-refractivity contribution in [3.05, 3.63) is 46.0 Å². The lowest BCUT2D eigenvalue weighted by atomic mass is 10.1. The molecule has 6 heterocycles. The Morgan fingerprint density at radius 3 is 1.84 bits per heavy atom. The van der Waals surface area contributed by atoms with Crippen molar-refractivity contribution in [2.75, 3.05) is 6.61 Å². The first-order valence-corrected chi connectivity index (χ1v) is 14.2. The molecule has 9 atom stereocenters. The third-order valence-electron chi connectivity index (χ3n) is 6.86. The predicted octanol–water partition coefficient (Wildman–Crippen LogP) is -4.97. The predicted molar refractivity (Wildman–Crippen MR) is 140 cm³/mol. The molecule has 0 aliphatic carbocycles. The summed E-state index contributed by atoms with van der Waals surface area (Å²) in [4.78, 5) is 71.5. The van der Waals surface area contributed by atoms with Crippen LogP contribution >= 0.6 is 7.82 Å². The molecule has 6 rings (SSSR count). The second-order valence-electron chi connectivity index (χ2n) is 9.70. The normalized spacial score (nSPS) is 29.1. The zero-order chi connectivity index (χ0) is 32.8. The van der Waals surface area contributed by atoms with E-state index in [1.54, 1.807) is 0 Å². The number of H-pyrrole nitrogens is 2. The molecule has 2 saturated heterocycles. The number of fused-ring (bicyclic) bond motifs is 2. The van der Waals surface area contributed by atoms with E-state index in [9.17, 15) is 44.5 Å². The number of hydrogen-bond donors (Lipinski definition) is 10. The van der Waals surface area contributed by atoms with Gasteiger partial charge in [0.1, 0.15) is 36.6 Å². The van der Waals surface area contributed by atoms with Gasteiger partial charge in [0, 0.05) is 0 Å². The molecule has 23 nitrogen and oxygen atoms in total. The minimum Gasteiger partial charge on any atom is -0.479 e. The first kappa shape index (κ1) is 32.4. The summed E-state index contributed by atoms with van der Waals surface area (Å²) in [7, 11) is -4.74. The molecule has 2 aliphatic heterocycles. The van der Waals surface area contributed by atoms with Crippen LogP contribution in [0.3, 0.4) is 0 Å². The van der Waals surface area contributed by atoms with Crippen LogP contribution < -0.4 is 11.1 Å². The zero-order valence-corrected chi connectivity index (χ0v) is 23.2. The summed E-state index contributed by atoms with van der Waals surface area (Å²) in [6.45, 7) is -0.625. The maximum absolute atomic E-state index is 11.6. The van der Waals surface area contributed by atoms with Gasteiger partial charge >= 0.3 is 13.8 Å². The van der Waals surface area contributed by atoms with Crippen LogP contribution in [0.2, 0.25) is 0 Å². The second kappa shape index (κ2) is 12.4. The number of aromatic amines is 2. The highest BCUT2D eigenvalue weighted by atomic mass is 31.2. The zero-order valence-electron chi connectivity index (χ0n) is 22.3. The van der Waals surface area contributed by atoms with Crippen LogP contribution in [-0.2, 0) is 23.4 Å². The Morgan fingerprint density at radius 1 is 0.867 bits per heavy atom. The van der Waals surface area contributed by atoms with E-state index in [2.05, 4.69) is 34.4 Å². The fraction of sp³-hybridized carbons (Fsp3) is 0.476. The Labute approximate surface area is 247 Å². The van der Waals surface area contributed by atoms with Crippen LogP contribution in [0.4, 0.5) is 0 Å². The molecular formula is C21H25N8O15P. The van der Waals surface area contributed by atoms with Gasteiger partial charge in [-0.3, -0.25) is 23.2 Å². The van der Waals surface area contributed by atoms with Crippen molar-refractivity contribution in [2.24, 2.45) is 0 Å². The molecule has 1 unspecified atom stereocenters. The summed E-state index contributed by atoms with van der Waals surface area (Å²) in [5.74, 6) is -1.60. The van der Waals surface area contributed by atoms with Crippen molar-refractivity contribution < 1.29 is 63.8 Å². The molecule has 4 aromatic rings. The van der Waals surface area contributed by atoms with Gasteiger partial charge in [0.25, 0.3) is 11.1 Å². The smallest absolute Gasteiger partial charge is 0.469 e. The number of imidazole rings is 2. The van der Waals surface area contributed by atoms with E-state index in [-0.39, 0.29) is 22.3 Å². The largest absolute Gasteiger partial charge is 0.479 e. The van der Waals surface area contributed by atoms with Crippen molar-refractivity contribution >= 4 is 36.1 Å². The van der Waals surface area contributed by atoms with Gasteiger partial charge in [-0.1, -0.05) is 0 Å². The van der Waals surface area contributed by atoms with Crippen LogP contribution in [0.5, 0.6) is 0 Å². The van der Waals surface area contributed by atoms with Crippen molar-refractivity contribution in [1.82, 2.24) is 39.0 Å². The van der Waals surface area contributed by atoms with E-state index in [0.29, 0.717) is 0 Å². The first-order chi connectivity index (χ1) is 21.2. The lowest BCUT2D eigenvalue weighted by molar-refractivity contribution is -0.160. The molecule has 24 heteroatoms. The summed E-state index contributed by atoms with van der Waals surface area (Å²) in [6, 6.07) is 0. The summed E-state index contributed by atoms with van der Waals surface area (Å²) in [6.07, 6.45) is -8.50. The highest BCUT2D eigenvalue weighted by Crippen LogP contribution is 2.38. The summed E-state index contributed by atoms with van der Waals surface area (Å²) < 4.78 is 28.0. The highest BCUT2D eigenvalue weighted by Gasteiger charge is 2.49. The Bertz CT molecular complexity index is 1850. The van der Waals surface area contributed by atoms with E-state index in [0.717, 1.165) is 12.7 Å². The van der Waals surface area contributed by atoms with E-state index in [1.807, 2.05) is 0 Å². The lowest BCUT2D eigenvalue weighted by Gasteiger charge is -2.17. The number of aliphatic hydroxyl groups excluding tert-OH is 5. The topological polar surface area (TPSA) is 351 Å². The molecular weight excluding hydrogens is 635 g/mol. The number of nitrogens with zero attached hydrogens (tertiary/aromatic N) is 6. The van der Waals surface area contributed by atoms with Gasteiger partial charge in [0.2, 0.25) is 0 Å². The Kier molecular flexibility index (Phi) is 8.94. The quantitative estimate of drug-likeness (QED) is 0.0829. The molecule has 0 saturated carbocycles. The fourth-order valence-electron chi connectivity index (χ4n) is 4.68. The van der Waals surface area contributed by atoms with Crippen LogP contribution in [-0.4, -0.2) is 135 Å². The molecule has 0 amide bonds. The fourth-order valence-corrected chi connectivity index (χ4v) is 5.02. The standard InChI is InChI=1S/C11H12N4O7.C10H13N4O8P/c16-4-5(17)10(22-7(4)6(18)11(20)21)15-2-14-3-8(15)12-1-13-9(3)19;15-6-4(1-21-23(18,19)20)22-10(7(6)16)14-3-13-5-8(14)11-2-12-9(5)17/h1-2,4-7,10,16-18H,(H,20,21)(H,12,13,19);2-4,6-7,10,15-16H,1H2,(H,11,12,17)(H2,18,19,20)/t4-,5+,6?,7-,10+;4-,6-,7-,10-/m01/s1. The number of hydrogen-bond acceptors (Lipinski definition) is 16.